The standard InChI is InChI=1S/C13H11BrClN/c1-9-11(8-15)4-7-13(16-9)10-2-5-12(14)6-3-10/h2-7H,8H2,1H3. The molecule has 0 radical (unpaired) electrons. The minimum atomic E-state index is 0.513. The summed E-state index contributed by atoms with van der Waals surface area (Å²) >= 11 is 9.22. The third kappa shape index (κ3) is 2.45. The van der Waals surface area contributed by atoms with Crippen molar-refractivity contribution in [2.75, 3.05) is 0 Å². The molecule has 0 N–H and O–H groups in total. The lowest BCUT2D eigenvalue weighted by Gasteiger charge is -2.05. The van der Waals surface area contributed by atoms with Crippen LogP contribution in [0.15, 0.2) is 40.9 Å². The van der Waals surface area contributed by atoms with Crippen molar-refractivity contribution in [2.45, 2.75) is 12.8 Å². The van der Waals surface area contributed by atoms with Crippen LogP contribution in [-0.4, -0.2) is 4.98 Å². The molecule has 0 saturated carbocycles. The van der Waals surface area contributed by atoms with Crippen LogP contribution in [0, 0.1) is 6.92 Å². The van der Waals surface area contributed by atoms with Gasteiger partial charge >= 0.3 is 0 Å². The number of aryl methyl sites for hydroxylation is 1. The van der Waals surface area contributed by atoms with Gasteiger partial charge in [0.05, 0.1) is 5.69 Å². The zero-order valence-electron chi connectivity index (χ0n) is 8.87. The number of aromatic nitrogens is 1. The highest BCUT2D eigenvalue weighted by Crippen LogP contribution is 2.21. The fourth-order valence-corrected chi connectivity index (χ4v) is 2.06. The first-order valence-corrected chi connectivity index (χ1v) is 6.32. The van der Waals surface area contributed by atoms with E-state index in [0.29, 0.717) is 5.88 Å². The maximum absolute atomic E-state index is 5.81. The van der Waals surface area contributed by atoms with Gasteiger partial charge in [-0.15, -0.1) is 11.6 Å². The number of alkyl halides is 1. The summed E-state index contributed by atoms with van der Waals surface area (Å²) < 4.78 is 1.07. The Morgan fingerprint density at radius 3 is 2.38 bits per heavy atom. The van der Waals surface area contributed by atoms with E-state index in [1.54, 1.807) is 0 Å². The van der Waals surface area contributed by atoms with Gasteiger partial charge < -0.3 is 0 Å². The monoisotopic (exact) mass is 295 g/mol. The fraction of sp³-hybridized carbons (Fsp3) is 0.154. The molecule has 0 saturated heterocycles. The number of halogens is 2. The molecule has 82 valence electrons. The quantitative estimate of drug-likeness (QED) is 0.740. The van der Waals surface area contributed by atoms with Gasteiger partial charge in [0, 0.05) is 21.6 Å². The van der Waals surface area contributed by atoms with E-state index in [4.69, 9.17) is 11.6 Å². The molecule has 2 aromatic rings. The molecule has 16 heavy (non-hydrogen) atoms. The van der Waals surface area contributed by atoms with Gasteiger partial charge in [0.25, 0.3) is 0 Å². The molecule has 0 aliphatic rings. The Balaban J connectivity index is 2.41. The number of pyridine rings is 1. The highest BCUT2D eigenvalue weighted by molar-refractivity contribution is 9.10. The van der Waals surface area contributed by atoms with Crippen molar-refractivity contribution in [1.82, 2.24) is 4.98 Å². The number of hydrogen-bond acceptors (Lipinski definition) is 1. The molecule has 0 fully saturated rings. The average Bonchev–Trinajstić information content (AvgIpc) is 2.30. The first-order chi connectivity index (χ1) is 7.70. The summed E-state index contributed by atoms with van der Waals surface area (Å²) in [6, 6.07) is 12.2. The zero-order chi connectivity index (χ0) is 11.5. The van der Waals surface area contributed by atoms with Crippen LogP contribution < -0.4 is 0 Å². The molecule has 0 unspecified atom stereocenters. The third-order valence-electron chi connectivity index (χ3n) is 2.48. The summed E-state index contributed by atoms with van der Waals surface area (Å²) in [7, 11) is 0. The highest BCUT2D eigenvalue weighted by Gasteiger charge is 2.02. The molecular formula is C13H11BrClN. The van der Waals surface area contributed by atoms with Crippen molar-refractivity contribution in [3.05, 3.63) is 52.1 Å². The Hall–Kier alpha value is -0.860. The Labute approximate surface area is 109 Å². The van der Waals surface area contributed by atoms with Crippen molar-refractivity contribution < 1.29 is 0 Å². The second kappa shape index (κ2) is 4.98. The normalized spacial score (nSPS) is 10.4. The van der Waals surface area contributed by atoms with Gasteiger partial charge in [0.15, 0.2) is 0 Å². The van der Waals surface area contributed by atoms with E-state index < -0.39 is 0 Å². The summed E-state index contributed by atoms with van der Waals surface area (Å²) in [5.74, 6) is 0.513. The van der Waals surface area contributed by atoms with Crippen molar-refractivity contribution in [3.8, 4) is 11.3 Å². The minimum absolute atomic E-state index is 0.513. The van der Waals surface area contributed by atoms with Gasteiger partial charge in [0.1, 0.15) is 0 Å². The second-order valence-corrected chi connectivity index (χ2v) is 4.76. The van der Waals surface area contributed by atoms with Gasteiger partial charge in [-0.25, -0.2) is 0 Å². The molecule has 2 rings (SSSR count). The smallest absolute Gasteiger partial charge is 0.0705 e. The number of rotatable bonds is 2. The van der Waals surface area contributed by atoms with E-state index in [0.717, 1.165) is 27.0 Å². The van der Waals surface area contributed by atoms with Crippen molar-refractivity contribution in [3.63, 3.8) is 0 Å². The number of benzene rings is 1. The maximum atomic E-state index is 5.81. The van der Waals surface area contributed by atoms with Gasteiger partial charge in [0.2, 0.25) is 0 Å². The number of hydrogen-bond donors (Lipinski definition) is 0. The molecular weight excluding hydrogens is 286 g/mol. The average molecular weight is 297 g/mol. The molecule has 0 aliphatic carbocycles. The van der Waals surface area contributed by atoms with Crippen LogP contribution >= 0.6 is 27.5 Å². The SMILES string of the molecule is Cc1nc(-c2ccc(Br)cc2)ccc1CCl. The molecule has 0 atom stereocenters. The second-order valence-electron chi connectivity index (χ2n) is 3.58. The molecule has 1 aromatic carbocycles. The largest absolute Gasteiger partial charge is 0.253 e. The predicted molar refractivity (Wildman–Crippen MR) is 71.7 cm³/mol. The Morgan fingerprint density at radius 1 is 1.12 bits per heavy atom. The minimum Gasteiger partial charge on any atom is -0.253 e. The van der Waals surface area contributed by atoms with Crippen molar-refractivity contribution in [2.24, 2.45) is 0 Å². The van der Waals surface area contributed by atoms with Crippen molar-refractivity contribution in [1.29, 1.82) is 0 Å². The van der Waals surface area contributed by atoms with E-state index in [2.05, 4.69) is 20.9 Å². The highest BCUT2D eigenvalue weighted by atomic mass is 79.9. The van der Waals surface area contributed by atoms with Crippen LogP contribution in [0.3, 0.4) is 0 Å². The Bertz CT molecular complexity index is 494. The van der Waals surface area contributed by atoms with Crippen LogP contribution in [0.1, 0.15) is 11.3 Å². The Morgan fingerprint density at radius 2 is 1.81 bits per heavy atom. The lowest BCUT2D eigenvalue weighted by Crippen LogP contribution is -1.92. The van der Waals surface area contributed by atoms with Gasteiger partial charge in [-0.1, -0.05) is 34.1 Å². The first-order valence-electron chi connectivity index (χ1n) is 4.99. The van der Waals surface area contributed by atoms with Crippen molar-refractivity contribution >= 4 is 27.5 Å². The van der Waals surface area contributed by atoms with Crippen LogP contribution in [0.2, 0.25) is 0 Å². The molecule has 0 spiro atoms. The lowest BCUT2D eigenvalue weighted by molar-refractivity contribution is 1.14. The van der Waals surface area contributed by atoms with Crippen LogP contribution in [0.5, 0.6) is 0 Å². The van der Waals surface area contributed by atoms with Gasteiger partial charge in [-0.3, -0.25) is 4.98 Å². The molecule has 0 aliphatic heterocycles. The van der Waals surface area contributed by atoms with Gasteiger partial charge in [-0.2, -0.15) is 0 Å². The topological polar surface area (TPSA) is 12.9 Å². The molecule has 1 nitrogen and oxygen atoms in total. The maximum Gasteiger partial charge on any atom is 0.0705 e. The molecule has 0 amide bonds. The molecule has 0 bridgehead atoms. The van der Waals surface area contributed by atoms with Crippen LogP contribution in [-0.2, 0) is 5.88 Å². The van der Waals surface area contributed by atoms with Crippen LogP contribution in [0.25, 0.3) is 11.3 Å². The summed E-state index contributed by atoms with van der Waals surface area (Å²) in [5.41, 5.74) is 4.18. The Kier molecular flexibility index (Phi) is 3.62. The zero-order valence-corrected chi connectivity index (χ0v) is 11.2. The fourth-order valence-electron chi connectivity index (χ4n) is 1.51. The summed E-state index contributed by atoms with van der Waals surface area (Å²) in [5, 5.41) is 0. The van der Waals surface area contributed by atoms with E-state index in [-0.39, 0.29) is 0 Å². The van der Waals surface area contributed by atoms with E-state index in [9.17, 15) is 0 Å². The third-order valence-corrected chi connectivity index (χ3v) is 3.30. The van der Waals surface area contributed by atoms with E-state index in [1.165, 1.54) is 0 Å². The summed E-state index contributed by atoms with van der Waals surface area (Å²) in [4.78, 5) is 4.54. The summed E-state index contributed by atoms with van der Waals surface area (Å²) in [6.07, 6.45) is 0. The lowest BCUT2D eigenvalue weighted by atomic mass is 10.1. The number of nitrogens with zero attached hydrogens (tertiary/aromatic N) is 1. The van der Waals surface area contributed by atoms with E-state index >= 15 is 0 Å². The van der Waals surface area contributed by atoms with Crippen LogP contribution in [0.4, 0.5) is 0 Å². The molecule has 1 aromatic heterocycles. The van der Waals surface area contributed by atoms with Gasteiger partial charge in [-0.05, 0) is 30.7 Å². The summed E-state index contributed by atoms with van der Waals surface area (Å²) in [6.45, 7) is 1.99. The predicted octanol–water partition coefficient (Wildman–Crippen LogP) is 4.56. The first kappa shape index (κ1) is 11.6. The van der Waals surface area contributed by atoms with E-state index in [1.807, 2.05) is 43.3 Å². The molecule has 3 heteroatoms. The molecule has 1 heterocycles.